The first kappa shape index (κ1) is 11.5. The van der Waals surface area contributed by atoms with Crippen LogP contribution in [0.25, 0.3) is 0 Å². The molecule has 0 radical (unpaired) electrons. The highest BCUT2D eigenvalue weighted by molar-refractivity contribution is 5.81. The summed E-state index contributed by atoms with van der Waals surface area (Å²) < 4.78 is 0. The quantitative estimate of drug-likeness (QED) is 0.517. The lowest BCUT2D eigenvalue weighted by atomic mass is 10.3. The summed E-state index contributed by atoms with van der Waals surface area (Å²) in [6, 6.07) is 0. The van der Waals surface area contributed by atoms with Gasteiger partial charge in [0.15, 0.2) is 0 Å². The molecule has 0 heterocycles. The van der Waals surface area contributed by atoms with E-state index in [4.69, 9.17) is 5.11 Å². The van der Waals surface area contributed by atoms with Crippen molar-refractivity contribution in [3.8, 4) is 0 Å². The van der Waals surface area contributed by atoms with Gasteiger partial charge in [0.05, 0.1) is 6.10 Å². The van der Waals surface area contributed by atoms with E-state index in [9.17, 15) is 4.79 Å². The molecular formula is C10H20N2O2. The molecule has 3 N–H and O–H groups in total. The Morgan fingerprint density at radius 2 is 2.21 bits per heavy atom. The lowest BCUT2D eigenvalue weighted by molar-refractivity contribution is -0.122. The molecule has 0 aromatic carbocycles. The number of aliphatic hydroxyl groups excluding tert-OH is 1. The summed E-state index contributed by atoms with van der Waals surface area (Å²) in [6.07, 6.45) is 0.710. The molecule has 0 bridgehead atoms. The summed E-state index contributed by atoms with van der Waals surface area (Å²) in [5.41, 5.74) is 0. The molecule has 1 saturated carbocycles. The fourth-order valence-electron chi connectivity index (χ4n) is 1.40. The second-order valence-corrected chi connectivity index (χ2v) is 4.16. The van der Waals surface area contributed by atoms with Gasteiger partial charge in [-0.25, -0.2) is 0 Å². The highest BCUT2D eigenvalue weighted by Gasteiger charge is 2.38. The molecule has 1 rings (SSSR count). The zero-order valence-corrected chi connectivity index (χ0v) is 8.92. The van der Waals surface area contributed by atoms with Gasteiger partial charge in [0.2, 0.25) is 5.91 Å². The van der Waals surface area contributed by atoms with Crippen molar-refractivity contribution in [3.63, 3.8) is 0 Å². The highest BCUT2D eigenvalue weighted by Crippen LogP contribution is 2.37. The van der Waals surface area contributed by atoms with Crippen LogP contribution in [0.2, 0.25) is 0 Å². The molecule has 4 heteroatoms. The monoisotopic (exact) mass is 200 g/mol. The SMILES string of the molecule is CC(O)CNCCNC(=O)C1CC1C. The maximum atomic E-state index is 11.3. The van der Waals surface area contributed by atoms with Crippen molar-refractivity contribution in [2.45, 2.75) is 26.4 Å². The Kier molecular flexibility index (Phi) is 4.35. The second-order valence-electron chi connectivity index (χ2n) is 4.16. The molecule has 1 amide bonds. The van der Waals surface area contributed by atoms with Crippen LogP contribution in [-0.4, -0.2) is 36.8 Å². The Balaban J connectivity index is 1.91. The predicted molar refractivity (Wildman–Crippen MR) is 54.8 cm³/mol. The topological polar surface area (TPSA) is 61.4 Å². The molecule has 0 spiro atoms. The Hall–Kier alpha value is -0.610. The minimum atomic E-state index is -0.325. The molecule has 3 atom stereocenters. The Bertz CT molecular complexity index is 195. The summed E-state index contributed by atoms with van der Waals surface area (Å²) in [5, 5.41) is 14.9. The van der Waals surface area contributed by atoms with Crippen LogP contribution in [0.1, 0.15) is 20.3 Å². The van der Waals surface area contributed by atoms with Crippen molar-refractivity contribution in [2.24, 2.45) is 11.8 Å². The van der Waals surface area contributed by atoms with E-state index in [1.807, 2.05) is 0 Å². The van der Waals surface area contributed by atoms with Crippen LogP contribution >= 0.6 is 0 Å². The van der Waals surface area contributed by atoms with E-state index in [-0.39, 0.29) is 17.9 Å². The summed E-state index contributed by atoms with van der Waals surface area (Å²) in [5.74, 6) is 1.00. The van der Waals surface area contributed by atoms with Crippen LogP contribution in [0.5, 0.6) is 0 Å². The smallest absolute Gasteiger partial charge is 0.223 e. The number of hydrogen-bond donors (Lipinski definition) is 3. The van der Waals surface area contributed by atoms with Crippen molar-refractivity contribution in [1.82, 2.24) is 10.6 Å². The van der Waals surface area contributed by atoms with Gasteiger partial charge in [-0.2, -0.15) is 0 Å². The fraction of sp³-hybridized carbons (Fsp3) is 0.900. The average molecular weight is 200 g/mol. The van der Waals surface area contributed by atoms with Crippen LogP contribution in [0.15, 0.2) is 0 Å². The number of carbonyl (C=O) groups is 1. The van der Waals surface area contributed by atoms with E-state index in [0.717, 1.165) is 13.0 Å². The molecule has 0 aliphatic heterocycles. The number of rotatable bonds is 6. The molecule has 1 aliphatic rings. The van der Waals surface area contributed by atoms with Crippen LogP contribution in [0.3, 0.4) is 0 Å². The highest BCUT2D eigenvalue weighted by atomic mass is 16.3. The molecule has 1 fully saturated rings. The van der Waals surface area contributed by atoms with Crippen LogP contribution < -0.4 is 10.6 Å². The molecule has 1 aliphatic carbocycles. The van der Waals surface area contributed by atoms with Crippen molar-refractivity contribution >= 4 is 5.91 Å². The normalized spacial score (nSPS) is 27.1. The van der Waals surface area contributed by atoms with Gasteiger partial charge in [0, 0.05) is 25.6 Å². The molecule has 82 valence electrons. The summed E-state index contributed by atoms with van der Waals surface area (Å²) in [4.78, 5) is 11.3. The number of carbonyl (C=O) groups excluding carboxylic acids is 1. The molecule has 14 heavy (non-hydrogen) atoms. The fourth-order valence-corrected chi connectivity index (χ4v) is 1.40. The van der Waals surface area contributed by atoms with Crippen molar-refractivity contribution in [2.75, 3.05) is 19.6 Å². The Morgan fingerprint density at radius 1 is 1.57 bits per heavy atom. The van der Waals surface area contributed by atoms with Gasteiger partial charge in [-0.15, -0.1) is 0 Å². The third kappa shape index (κ3) is 4.07. The number of amides is 1. The largest absolute Gasteiger partial charge is 0.392 e. The first-order valence-electron chi connectivity index (χ1n) is 5.27. The molecular weight excluding hydrogens is 180 g/mol. The van der Waals surface area contributed by atoms with Crippen LogP contribution in [0.4, 0.5) is 0 Å². The second kappa shape index (κ2) is 5.32. The molecule has 0 saturated heterocycles. The van der Waals surface area contributed by atoms with E-state index in [2.05, 4.69) is 17.6 Å². The van der Waals surface area contributed by atoms with E-state index >= 15 is 0 Å². The van der Waals surface area contributed by atoms with Crippen LogP contribution in [0, 0.1) is 11.8 Å². The summed E-state index contributed by atoms with van der Waals surface area (Å²) in [7, 11) is 0. The van der Waals surface area contributed by atoms with Gasteiger partial charge in [-0.1, -0.05) is 6.92 Å². The standard InChI is InChI=1S/C10H20N2O2/c1-7-5-9(7)10(14)12-4-3-11-6-8(2)13/h7-9,11,13H,3-6H2,1-2H3,(H,12,14). The third-order valence-corrected chi connectivity index (χ3v) is 2.49. The lowest BCUT2D eigenvalue weighted by Crippen LogP contribution is -2.35. The molecule has 0 aromatic rings. The zero-order chi connectivity index (χ0) is 10.6. The van der Waals surface area contributed by atoms with Gasteiger partial charge in [0.1, 0.15) is 0 Å². The van der Waals surface area contributed by atoms with Crippen LogP contribution in [-0.2, 0) is 4.79 Å². The minimum Gasteiger partial charge on any atom is -0.392 e. The van der Waals surface area contributed by atoms with Crippen molar-refractivity contribution < 1.29 is 9.90 Å². The zero-order valence-electron chi connectivity index (χ0n) is 8.92. The van der Waals surface area contributed by atoms with Crippen molar-refractivity contribution in [1.29, 1.82) is 0 Å². The average Bonchev–Trinajstić information content (AvgIpc) is 2.81. The van der Waals surface area contributed by atoms with Gasteiger partial charge in [-0.3, -0.25) is 4.79 Å². The maximum absolute atomic E-state index is 11.3. The lowest BCUT2D eigenvalue weighted by Gasteiger charge is -2.07. The minimum absolute atomic E-state index is 0.177. The van der Waals surface area contributed by atoms with Gasteiger partial charge >= 0.3 is 0 Å². The predicted octanol–water partition coefficient (Wildman–Crippen LogP) is -0.271. The van der Waals surface area contributed by atoms with E-state index < -0.39 is 0 Å². The Labute approximate surface area is 85.1 Å². The number of hydrogen-bond acceptors (Lipinski definition) is 3. The number of nitrogens with one attached hydrogen (secondary N) is 2. The number of aliphatic hydroxyl groups is 1. The van der Waals surface area contributed by atoms with Gasteiger partial charge < -0.3 is 15.7 Å². The van der Waals surface area contributed by atoms with Gasteiger partial charge in [-0.05, 0) is 19.3 Å². The van der Waals surface area contributed by atoms with Gasteiger partial charge in [0.25, 0.3) is 0 Å². The summed E-state index contributed by atoms with van der Waals surface area (Å²) in [6.45, 7) is 5.77. The van der Waals surface area contributed by atoms with E-state index in [1.165, 1.54) is 0 Å². The first-order chi connectivity index (χ1) is 6.61. The molecule has 3 unspecified atom stereocenters. The Morgan fingerprint density at radius 3 is 2.71 bits per heavy atom. The molecule has 4 nitrogen and oxygen atoms in total. The van der Waals surface area contributed by atoms with E-state index in [1.54, 1.807) is 6.92 Å². The summed E-state index contributed by atoms with van der Waals surface area (Å²) >= 11 is 0. The maximum Gasteiger partial charge on any atom is 0.223 e. The third-order valence-electron chi connectivity index (χ3n) is 2.49. The molecule has 0 aromatic heterocycles. The first-order valence-corrected chi connectivity index (χ1v) is 5.27. The van der Waals surface area contributed by atoms with Crippen molar-refractivity contribution in [3.05, 3.63) is 0 Å². The van der Waals surface area contributed by atoms with E-state index in [0.29, 0.717) is 19.0 Å².